The van der Waals surface area contributed by atoms with E-state index in [4.69, 9.17) is 16.0 Å². The van der Waals surface area contributed by atoms with E-state index in [-0.39, 0.29) is 17.4 Å². The maximum atomic E-state index is 13.0. The lowest BCUT2D eigenvalue weighted by atomic mass is 10.2. The van der Waals surface area contributed by atoms with Gasteiger partial charge in [-0.1, -0.05) is 41.9 Å². The summed E-state index contributed by atoms with van der Waals surface area (Å²) in [4.78, 5) is 19.0. The Hall–Kier alpha value is -2.70. The number of hydrogen-bond donors (Lipinski definition) is 1. The summed E-state index contributed by atoms with van der Waals surface area (Å²) in [5, 5.41) is 3.52. The standard InChI is InChI=1S/C23H23ClFN3O2/c24-20-4-2-1-3-18(20)13-28(12-17-5-6-17)14-22-27-21(15-30-22)23(29)26-11-16-7-9-19(25)10-8-16/h1-4,7-10,15,17H,5-6,11-14H2,(H,26,29). The molecular formula is C23H23ClFN3O2. The number of nitrogens with zero attached hydrogens (tertiary/aromatic N) is 2. The Bertz CT molecular complexity index is 1000. The van der Waals surface area contributed by atoms with Crippen molar-refractivity contribution in [2.45, 2.75) is 32.5 Å². The third kappa shape index (κ3) is 5.68. The molecule has 4 rings (SSSR count). The van der Waals surface area contributed by atoms with Crippen LogP contribution in [-0.2, 0) is 19.6 Å². The van der Waals surface area contributed by atoms with Gasteiger partial charge in [-0.2, -0.15) is 0 Å². The molecule has 156 valence electrons. The van der Waals surface area contributed by atoms with Gasteiger partial charge in [0.1, 0.15) is 12.1 Å². The molecule has 0 spiro atoms. The fourth-order valence-electron chi connectivity index (χ4n) is 3.27. The van der Waals surface area contributed by atoms with E-state index in [1.165, 1.54) is 31.2 Å². The number of carbonyl (C=O) groups excluding carboxylic acids is 1. The lowest BCUT2D eigenvalue weighted by Gasteiger charge is -2.21. The van der Waals surface area contributed by atoms with Gasteiger partial charge < -0.3 is 9.73 Å². The predicted octanol–water partition coefficient (Wildman–Crippen LogP) is 4.81. The van der Waals surface area contributed by atoms with Crippen molar-refractivity contribution < 1.29 is 13.6 Å². The predicted molar refractivity (Wildman–Crippen MR) is 112 cm³/mol. The Morgan fingerprint density at radius 2 is 1.93 bits per heavy atom. The molecule has 0 radical (unpaired) electrons. The zero-order chi connectivity index (χ0) is 20.9. The van der Waals surface area contributed by atoms with Gasteiger partial charge in [-0.15, -0.1) is 0 Å². The summed E-state index contributed by atoms with van der Waals surface area (Å²) in [6.45, 7) is 2.44. The number of halogens is 2. The van der Waals surface area contributed by atoms with Crippen LogP contribution in [0.2, 0.25) is 5.02 Å². The molecule has 3 aromatic rings. The van der Waals surface area contributed by atoms with Crippen molar-refractivity contribution in [3.63, 3.8) is 0 Å². The number of rotatable bonds is 9. The van der Waals surface area contributed by atoms with Crippen molar-refractivity contribution in [2.75, 3.05) is 6.54 Å². The fourth-order valence-corrected chi connectivity index (χ4v) is 3.47. The minimum absolute atomic E-state index is 0.233. The Labute approximate surface area is 179 Å². The molecular weight excluding hydrogens is 405 g/mol. The van der Waals surface area contributed by atoms with Gasteiger partial charge in [0, 0.05) is 24.7 Å². The maximum absolute atomic E-state index is 13.0. The van der Waals surface area contributed by atoms with Crippen LogP contribution >= 0.6 is 11.6 Å². The van der Waals surface area contributed by atoms with Crippen LogP contribution in [0.5, 0.6) is 0 Å². The van der Waals surface area contributed by atoms with E-state index in [1.807, 2.05) is 24.3 Å². The minimum Gasteiger partial charge on any atom is -0.447 e. The van der Waals surface area contributed by atoms with Gasteiger partial charge in [0.15, 0.2) is 5.69 Å². The lowest BCUT2D eigenvalue weighted by molar-refractivity contribution is 0.0945. The first-order valence-corrected chi connectivity index (χ1v) is 10.4. The van der Waals surface area contributed by atoms with Gasteiger partial charge in [-0.05, 0) is 48.1 Å². The number of benzene rings is 2. The van der Waals surface area contributed by atoms with E-state index < -0.39 is 0 Å². The third-order valence-electron chi connectivity index (χ3n) is 5.07. The van der Waals surface area contributed by atoms with Crippen molar-refractivity contribution in [1.82, 2.24) is 15.2 Å². The molecule has 2 aromatic carbocycles. The molecule has 1 aliphatic carbocycles. The van der Waals surface area contributed by atoms with Crippen molar-refractivity contribution in [3.8, 4) is 0 Å². The van der Waals surface area contributed by atoms with Crippen molar-refractivity contribution in [3.05, 3.63) is 88.3 Å². The summed E-state index contributed by atoms with van der Waals surface area (Å²) in [6.07, 6.45) is 3.85. The van der Waals surface area contributed by atoms with E-state index in [0.717, 1.165) is 22.7 Å². The SMILES string of the molecule is O=C(NCc1ccc(F)cc1)c1coc(CN(Cc2ccccc2Cl)CC2CC2)n1. The van der Waals surface area contributed by atoms with E-state index in [9.17, 15) is 9.18 Å². The summed E-state index contributed by atoms with van der Waals surface area (Å²) in [6, 6.07) is 13.8. The summed E-state index contributed by atoms with van der Waals surface area (Å²) in [5.41, 5.74) is 2.10. The van der Waals surface area contributed by atoms with E-state index >= 15 is 0 Å². The third-order valence-corrected chi connectivity index (χ3v) is 5.44. The van der Waals surface area contributed by atoms with E-state index in [1.54, 1.807) is 12.1 Å². The van der Waals surface area contributed by atoms with Gasteiger partial charge in [0.2, 0.25) is 5.89 Å². The van der Waals surface area contributed by atoms with Crippen LogP contribution < -0.4 is 5.32 Å². The van der Waals surface area contributed by atoms with Crippen molar-refractivity contribution in [1.29, 1.82) is 0 Å². The molecule has 1 heterocycles. The summed E-state index contributed by atoms with van der Waals surface area (Å²) < 4.78 is 18.5. The Kier molecular flexibility index (Phi) is 6.45. The van der Waals surface area contributed by atoms with Gasteiger partial charge in [0.25, 0.3) is 5.91 Å². The van der Waals surface area contributed by atoms with Crippen LogP contribution in [0.1, 0.15) is 40.3 Å². The topological polar surface area (TPSA) is 58.4 Å². The molecule has 1 amide bonds. The van der Waals surface area contributed by atoms with Crippen LogP contribution in [0.25, 0.3) is 0 Å². The highest BCUT2D eigenvalue weighted by Gasteiger charge is 2.26. The first-order chi connectivity index (χ1) is 14.6. The van der Waals surface area contributed by atoms with E-state index in [2.05, 4.69) is 15.2 Å². The Balaban J connectivity index is 1.36. The number of amides is 1. The number of hydrogen-bond acceptors (Lipinski definition) is 4. The molecule has 1 aliphatic rings. The largest absolute Gasteiger partial charge is 0.447 e. The zero-order valence-corrected chi connectivity index (χ0v) is 17.2. The molecule has 5 nitrogen and oxygen atoms in total. The molecule has 1 fully saturated rings. The molecule has 0 saturated heterocycles. The second-order valence-corrected chi connectivity index (χ2v) is 8.05. The number of carbonyl (C=O) groups is 1. The first kappa shape index (κ1) is 20.6. The van der Waals surface area contributed by atoms with Crippen LogP contribution in [0.15, 0.2) is 59.2 Å². The lowest BCUT2D eigenvalue weighted by Crippen LogP contribution is -2.26. The number of aromatic nitrogens is 1. The highest BCUT2D eigenvalue weighted by Crippen LogP contribution is 2.31. The van der Waals surface area contributed by atoms with Crippen LogP contribution in [-0.4, -0.2) is 22.3 Å². The second kappa shape index (κ2) is 9.41. The number of nitrogens with one attached hydrogen (secondary N) is 1. The Morgan fingerprint density at radius 3 is 2.67 bits per heavy atom. The number of oxazole rings is 1. The fraction of sp³-hybridized carbons (Fsp3) is 0.304. The van der Waals surface area contributed by atoms with Gasteiger partial charge >= 0.3 is 0 Å². The zero-order valence-electron chi connectivity index (χ0n) is 16.5. The quantitative estimate of drug-likeness (QED) is 0.532. The van der Waals surface area contributed by atoms with Crippen LogP contribution in [0.3, 0.4) is 0 Å². The molecule has 1 N–H and O–H groups in total. The minimum atomic E-state index is -0.325. The molecule has 1 aromatic heterocycles. The molecule has 7 heteroatoms. The van der Waals surface area contributed by atoms with Crippen molar-refractivity contribution in [2.24, 2.45) is 5.92 Å². The highest BCUT2D eigenvalue weighted by molar-refractivity contribution is 6.31. The summed E-state index contributed by atoms with van der Waals surface area (Å²) >= 11 is 6.32. The van der Waals surface area contributed by atoms with Crippen LogP contribution in [0.4, 0.5) is 4.39 Å². The molecule has 0 bridgehead atoms. The molecule has 1 saturated carbocycles. The molecule has 30 heavy (non-hydrogen) atoms. The van der Waals surface area contributed by atoms with Gasteiger partial charge in [0.05, 0.1) is 6.54 Å². The van der Waals surface area contributed by atoms with E-state index in [0.29, 0.717) is 31.4 Å². The average molecular weight is 428 g/mol. The highest BCUT2D eigenvalue weighted by atomic mass is 35.5. The Morgan fingerprint density at radius 1 is 1.17 bits per heavy atom. The van der Waals surface area contributed by atoms with Gasteiger partial charge in [-0.3, -0.25) is 9.69 Å². The summed E-state index contributed by atoms with van der Waals surface area (Å²) in [5.74, 6) is 0.559. The van der Waals surface area contributed by atoms with Gasteiger partial charge in [-0.25, -0.2) is 9.37 Å². The average Bonchev–Trinajstić information content (AvgIpc) is 3.43. The summed E-state index contributed by atoms with van der Waals surface area (Å²) in [7, 11) is 0. The first-order valence-electron chi connectivity index (χ1n) is 9.99. The van der Waals surface area contributed by atoms with Crippen molar-refractivity contribution >= 4 is 17.5 Å². The smallest absolute Gasteiger partial charge is 0.273 e. The maximum Gasteiger partial charge on any atom is 0.273 e. The molecule has 0 aliphatic heterocycles. The molecule has 0 atom stereocenters. The monoisotopic (exact) mass is 427 g/mol. The normalized spacial score (nSPS) is 13.6. The molecule has 0 unspecified atom stereocenters. The van der Waals surface area contributed by atoms with Crippen LogP contribution in [0, 0.1) is 11.7 Å². The second-order valence-electron chi connectivity index (χ2n) is 7.64.